The minimum atomic E-state index is -0.569. The van der Waals surface area contributed by atoms with Crippen LogP contribution in [0.5, 0.6) is 0 Å². The molecule has 1 aromatic heterocycles. The number of rotatable bonds is 1. The summed E-state index contributed by atoms with van der Waals surface area (Å²) in [6.07, 6.45) is 9.50. The van der Waals surface area contributed by atoms with Crippen LogP contribution in [-0.4, -0.2) is 16.5 Å². The van der Waals surface area contributed by atoms with Gasteiger partial charge in [0.1, 0.15) is 5.84 Å². The second-order valence-electron chi connectivity index (χ2n) is 9.22. The first kappa shape index (κ1) is 19.1. The standard InChI is InChI=1S/C26H28N4/c1-4-5-19-12-22(16-28-15-19)20-6-7-21-14-25(10-8-17(2)9-11-25)26(23(21)13-20)29-18(3)24(27)30-26/h6-7,12-13,15-17H,8-11,14H2,1-3H3,(H2,27,30)/t17?,25?,26-/m0/s1. The minimum absolute atomic E-state index is 0.0383. The van der Waals surface area contributed by atoms with Gasteiger partial charge in [0.05, 0.1) is 5.71 Å². The van der Waals surface area contributed by atoms with Gasteiger partial charge in [0.25, 0.3) is 0 Å². The van der Waals surface area contributed by atoms with E-state index in [9.17, 15) is 0 Å². The Hall–Kier alpha value is -2.93. The minimum Gasteiger partial charge on any atom is -0.382 e. The maximum atomic E-state index is 6.30. The lowest BCUT2D eigenvalue weighted by molar-refractivity contribution is 0.0740. The zero-order valence-electron chi connectivity index (χ0n) is 18.0. The third-order valence-electron chi connectivity index (χ3n) is 7.31. The molecule has 0 unspecified atom stereocenters. The van der Waals surface area contributed by atoms with Gasteiger partial charge >= 0.3 is 0 Å². The van der Waals surface area contributed by atoms with Gasteiger partial charge in [-0.15, -0.1) is 5.92 Å². The highest BCUT2D eigenvalue weighted by molar-refractivity contribution is 6.41. The van der Waals surface area contributed by atoms with Crippen LogP contribution in [-0.2, 0) is 12.1 Å². The van der Waals surface area contributed by atoms with E-state index in [4.69, 9.17) is 15.7 Å². The molecule has 1 aliphatic heterocycles. The molecule has 0 bridgehead atoms. The Labute approximate surface area is 178 Å². The average Bonchev–Trinajstić information content (AvgIpc) is 3.18. The zero-order chi connectivity index (χ0) is 20.9. The maximum absolute atomic E-state index is 6.30. The number of fused-ring (bicyclic) bond motifs is 3. The average molecular weight is 397 g/mol. The summed E-state index contributed by atoms with van der Waals surface area (Å²) < 4.78 is 0. The molecule has 4 heteroatoms. The fourth-order valence-corrected chi connectivity index (χ4v) is 5.60. The van der Waals surface area contributed by atoms with Crippen LogP contribution in [0.3, 0.4) is 0 Å². The van der Waals surface area contributed by atoms with Crippen LogP contribution in [0.15, 0.2) is 46.6 Å². The van der Waals surface area contributed by atoms with Crippen molar-refractivity contribution in [1.29, 1.82) is 0 Å². The van der Waals surface area contributed by atoms with E-state index >= 15 is 0 Å². The predicted molar refractivity (Wildman–Crippen MR) is 122 cm³/mol. The highest BCUT2D eigenvalue weighted by Gasteiger charge is 2.60. The van der Waals surface area contributed by atoms with Crippen molar-refractivity contribution in [2.75, 3.05) is 0 Å². The molecule has 2 spiro atoms. The molecule has 2 heterocycles. The molecule has 2 N–H and O–H groups in total. The first-order valence-corrected chi connectivity index (χ1v) is 10.9. The van der Waals surface area contributed by atoms with Gasteiger partial charge in [-0.2, -0.15) is 0 Å². The molecular formula is C26H28N4. The van der Waals surface area contributed by atoms with Crippen molar-refractivity contribution in [3.63, 3.8) is 0 Å². The van der Waals surface area contributed by atoms with Gasteiger partial charge in [0.2, 0.25) is 0 Å². The van der Waals surface area contributed by atoms with Gasteiger partial charge in [-0.25, -0.2) is 4.99 Å². The molecule has 1 saturated carbocycles. The summed E-state index contributed by atoms with van der Waals surface area (Å²) in [5.41, 5.74) is 12.4. The van der Waals surface area contributed by atoms with E-state index in [1.54, 1.807) is 0 Å². The molecular weight excluding hydrogens is 368 g/mol. The number of benzene rings is 1. The van der Waals surface area contributed by atoms with Crippen LogP contribution in [0, 0.1) is 23.2 Å². The summed E-state index contributed by atoms with van der Waals surface area (Å²) in [4.78, 5) is 14.7. The van der Waals surface area contributed by atoms with Crippen LogP contribution < -0.4 is 5.73 Å². The molecule has 1 fully saturated rings. The summed E-state index contributed by atoms with van der Waals surface area (Å²) >= 11 is 0. The van der Waals surface area contributed by atoms with Crippen molar-refractivity contribution >= 4 is 11.5 Å². The third-order valence-corrected chi connectivity index (χ3v) is 7.31. The smallest absolute Gasteiger partial charge is 0.184 e. The second kappa shape index (κ2) is 6.80. The van der Waals surface area contributed by atoms with Gasteiger partial charge in [-0.1, -0.05) is 25.0 Å². The van der Waals surface area contributed by atoms with E-state index in [0.29, 0.717) is 5.84 Å². The number of amidine groups is 1. The molecule has 1 aromatic carbocycles. The fraction of sp³-hybridized carbons (Fsp3) is 0.423. The number of aliphatic imine (C=N–C) groups is 2. The predicted octanol–water partition coefficient (Wildman–Crippen LogP) is 4.86. The molecule has 0 radical (unpaired) electrons. The fourth-order valence-electron chi connectivity index (χ4n) is 5.60. The first-order valence-electron chi connectivity index (χ1n) is 10.9. The number of nitrogens with zero attached hydrogens (tertiary/aromatic N) is 3. The van der Waals surface area contributed by atoms with E-state index in [1.165, 1.54) is 24.0 Å². The van der Waals surface area contributed by atoms with Gasteiger partial charge in [-0.3, -0.25) is 9.98 Å². The lowest BCUT2D eigenvalue weighted by atomic mass is 9.64. The molecule has 2 aliphatic carbocycles. The molecule has 152 valence electrons. The van der Waals surface area contributed by atoms with E-state index in [1.807, 2.05) is 26.2 Å². The summed E-state index contributed by atoms with van der Waals surface area (Å²) in [5, 5.41) is 0. The van der Waals surface area contributed by atoms with Crippen LogP contribution in [0.4, 0.5) is 0 Å². The zero-order valence-corrected chi connectivity index (χ0v) is 18.0. The molecule has 3 aliphatic rings. The number of hydrogen-bond acceptors (Lipinski definition) is 4. The lowest BCUT2D eigenvalue weighted by Crippen LogP contribution is -2.42. The van der Waals surface area contributed by atoms with Crippen LogP contribution in [0.2, 0.25) is 0 Å². The second-order valence-corrected chi connectivity index (χ2v) is 9.22. The van der Waals surface area contributed by atoms with Crippen LogP contribution in [0.25, 0.3) is 11.1 Å². The van der Waals surface area contributed by atoms with Gasteiger partial charge in [0.15, 0.2) is 5.66 Å². The number of aromatic nitrogens is 1. The Kier molecular flexibility index (Phi) is 4.32. The number of pyridine rings is 1. The summed E-state index contributed by atoms with van der Waals surface area (Å²) in [5.74, 6) is 7.43. The largest absolute Gasteiger partial charge is 0.382 e. The molecule has 4 nitrogen and oxygen atoms in total. The quantitative estimate of drug-likeness (QED) is 0.700. The Bertz CT molecular complexity index is 1120. The Morgan fingerprint density at radius 3 is 2.57 bits per heavy atom. The topological polar surface area (TPSA) is 63.6 Å². The molecule has 5 rings (SSSR count). The van der Waals surface area contributed by atoms with E-state index in [0.717, 1.165) is 47.6 Å². The van der Waals surface area contributed by atoms with Crippen molar-refractivity contribution in [1.82, 2.24) is 4.98 Å². The Morgan fingerprint density at radius 1 is 1.07 bits per heavy atom. The highest BCUT2D eigenvalue weighted by atomic mass is 15.2. The maximum Gasteiger partial charge on any atom is 0.184 e. The van der Waals surface area contributed by atoms with Crippen LogP contribution >= 0.6 is 0 Å². The molecule has 0 saturated heterocycles. The third kappa shape index (κ3) is 2.72. The van der Waals surface area contributed by atoms with Gasteiger partial charge in [-0.05, 0) is 75.1 Å². The van der Waals surface area contributed by atoms with Gasteiger partial charge in [0, 0.05) is 34.5 Å². The van der Waals surface area contributed by atoms with Crippen molar-refractivity contribution in [2.24, 2.45) is 27.1 Å². The lowest BCUT2D eigenvalue weighted by Gasteiger charge is -2.44. The van der Waals surface area contributed by atoms with E-state index < -0.39 is 5.66 Å². The van der Waals surface area contributed by atoms with Crippen molar-refractivity contribution in [2.45, 2.75) is 58.5 Å². The summed E-state index contributed by atoms with van der Waals surface area (Å²) in [6, 6.07) is 8.86. The Balaban J connectivity index is 1.66. The number of hydrogen-bond donors (Lipinski definition) is 1. The van der Waals surface area contributed by atoms with E-state index in [2.05, 4.69) is 48.0 Å². The van der Waals surface area contributed by atoms with Crippen LogP contribution in [0.1, 0.15) is 63.1 Å². The molecule has 2 aromatic rings. The molecule has 1 atom stereocenters. The van der Waals surface area contributed by atoms with Gasteiger partial charge < -0.3 is 5.73 Å². The van der Waals surface area contributed by atoms with Crippen molar-refractivity contribution in [3.8, 4) is 23.0 Å². The summed E-state index contributed by atoms with van der Waals surface area (Å²) in [6.45, 7) is 6.20. The SMILES string of the molecule is CC#Cc1cncc(-c2ccc3c(c2)[C@@]2(N=C(C)C(N)=N2)C2(CCC(C)CC2)C3)c1. The molecule has 0 amide bonds. The molecule has 30 heavy (non-hydrogen) atoms. The van der Waals surface area contributed by atoms with Crippen molar-refractivity contribution < 1.29 is 0 Å². The van der Waals surface area contributed by atoms with E-state index in [-0.39, 0.29) is 5.41 Å². The highest BCUT2D eigenvalue weighted by Crippen LogP contribution is 2.62. The number of nitrogens with two attached hydrogens (primary N) is 1. The Morgan fingerprint density at radius 2 is 1.87 bits per heavy atom. The van der Waals surface area contributed by atoms with Crippen molar-refractivity contribution in [3.05, 3.63) is 53.3 Å². The summed E-state index contributed by atoms with van der Waals surface area (Å²) in [7, 11) is 0. The first-order chi connectivity index (χ1) is 14.5. The normalized spacial score (nSPS) is 29.4. The monoisotopic (exact) mass is 396 g/mol.